The van der Waals surface area contributed by atoms with E-state index < -0.39 is 5.60 Å². The summed E-state index contributed by atoms with van der Waals surface area (Å²) in [4.78, 5) is 29.7. The zero-order valence-electron chi connectivity index (χ0n) is 16.1. The molecule has 1 saturated heterocycles. The highest BCUT2D eigenvalue weighted by molar-refractivity contribution is 6.34. The van der Waals surface area contributed by atoms with Crippen LogP contribution in [0.2, 0.25) is 5.02 Å². The molecule has 1 amide bonds. The molecule has 2 aliphatic heterocycles. The lowest BCUT2D eigenvalue weighted by Crippen LogP contribution is -2.50. The van der Waals surface area contributed by atoms with E-state index in [0.29, 0.717) is 23.7 Å². The third-order valence-electron chi connectivity index (χ3n) is 5.40. The molecule has 0 bridgehead atoms. The second-order valence-electron chi connectivity index (χ2n) is 7.69. The van der Waals surface area contributed by atoms with Crippen LogP contribution in [0.3, 0.4) is 0 Å². The van der Waals surface area contributed by atoms with Gasteiger partial charge in [-0.25, -0.2) is 0 Å². The molecule has 0 unspecified atom stereocenters. The number of aromatic nitrogens is 2. The third-order valence-corrected chi connectivity index (χ3v) is 5.73. The Labute approximate surface area is 169 Å². The van der Waals surface area contributed by atoms with E-state index in [4.69, 9.17) is 16.4 Å². The molecule has 0 spiro atoms. The number of hydrogen-bond donors (Lipinski definition) is 0. The van der Waals surface area contributed by atoms with Crippen molar-refractivity contribution < 1.29 is 9.63 Å². The van der Waals surface area contributed by atoms with Gasteiger partial charge in [-0.1, -0.05) is 35.0 Å². The zero-order valence-corrected chi connectivity index (χ0v) is 16.8. The molecular weight excluding hydrogens is 376 g/mol. The smallest absolute Gasteiger partial charge is 0.269 e. The highest BCUT2D eigenvalue weighted by Crippen LogP contribution is 2.33. The van der Waals surface area contributed by atoms with Gasteiger partial charge < -0.3 is 9.74 Å². The van der Waals surface area contributed by atoms with Crippen LogP contribution in [-0.2, 0) is 9.63 Å². The van der Waals surface area contributed by atoms with Gasteiger partial charge in [0.05, 0.1) is 17.1 Å². The molecular formula is C21H23ClN4O2. The SMILES string of the molecule is Cc1cncc([C@H]2CCCN(C(=O)[C@@]3(C)CC(c4ccccc4Cl)=NO3)C2)n1. The molecule has 1 aromatic carbocycles. The van der Waals surface area contributed by atoms with Crippen LogP contribution in [0, 0.1) is 6.92 Å². The highest BCUT2D eigenvalue weighted by Gasteiger charge is 2.46. The van der Waals surface area contributed by atoms with Crippen LogP contribution in [0.25, 0.3) is 0 Å². The molecule has 1 fully saturated rings. The Morgan fingerprint density at radius 3 is 2.93 bits per heavy atom. The first-order valence-electron chi connectivity index (χ1n) is 9.54. The van der Waals surface area contributed by atoms with Crippen LogP contribution < -0.4 is 0 Å². The molecule has 3 heterocycles. The van der Waals surface area contributed by atoms with Gasteiger partial charge in [0, 0.05) is 48.4 Å². The zero-order chi connectivity index (χ0) is 19.7. The third kappa shape index (κ3) is 3.61. The maximum Gasteiger partial charge on any atom is 0.269 e. The normalized spacial score (nSPS) is 24.6. The summed E-state index contributed by atoms with van der Waals surface area (Å²) in [6.45, 7) is 5.08. The Morgan fingerprint density at radius 1 is 1.32 bits per heavy atom. The van der Waals surface area contributed by atoms with Crippen molar-refractivity contribution in [1.29, 1.82) is 0 Å². The number of benzene rings is 1. The van der Waals surface area contributed by atoms with E-state index in [-0.39, 0.29) is 11.8 Å². The molecule has 28 heavy (non-hydrogen) atoms. The fourth-order valence-corrected chi connectivity index (χ4v) is 4.16. The molecule has 0 aliphatic carbocycles. The molecule has 0 saturated carbocycles. The molecule has 4 rings (SSSR count). The van der Waals surface area contributed by atoms with Gasteiger partial charge in [-0.05, 0) is 32.8 Å². The van der Waals surface area contributed by atoms with Crippen LogP contribution in [-0.4, -0.2) is 45.2 Å². The highest BCUT2D eigenvalue weighted by atomic mass is 35.5. The lowest BCUT2D eigenvalue weighted by molar-refractivity contribution is -0.154. The van der Waals surface area contributed by atoms with Crippen molar-refractivity contribution in [3.8, 4) is 0 Å². The van der Waals surface area contributed by atoms with E-state index in [2.05, 4.69) is 15.1 Å². The van der Waals surface area contributed by atoms with Crippen molar-refractivity contribution in [2.75, 3.05) is 13.1 Å². The number of carbonyl (C=O) groups is 1. The lowest BCUT2D eigenvalue weighted by atomic mass is 9.90. The number of nitrogens with zero attached hydrogens (tertiary/aromatic N) is 4. The van der Waals surface area contributed by atoms with Gasteiger partial charge in [-0.3, -0.25) is 14.8 Å². The van der Waals surface area contributed by atoms with Crippen molar-refractivity contribution >= 4 is 23.2 Å². The number of halogens is 1. The van der Waals surface area contributed by atoms with Gasteiger partial charge in [-0.15, -0.1) is 0 Å². The van der Waals surface area contributed by atoms with Crippen LogP contribution >= 0.6 is 11.6 Å². The Balaban J connectivity index is 1.48. The summed E-state index contributed by atoms with van der Waals surface area (Å²) in [5, 5.41) is 4.80. The maximum atomic E-state index is 13.3. The van der Waals surface area contributed by atoms with Crippen LogP contribution in [0.15, 0.2) is 41.8 Å². The molecule has 2 aromatic rings. The predicted octanol–water partition coefficient (Wildman–Crippen LogP) is 3.73. The fraction of sp³-hybridized carbons (Fsp3) is 0.429. The van der Waals surface area contributed by atoms with Crippen molar-refractivity contribution in [1.82, 2.24) is 14.9 Å². The van der Waals surface area contributed by atoms with Crippen LogP contribution in [0.5, 0.6) is 0 Å². The van der Waals surface area contributed by atoms with Crippen molar-refractivity contribution in [2.24, 2.45) is 5.16 Å². The molecule has 2 atom stereocenters. The van der Waals surface area contributed by atoms with Gasteiger partial charge >= 0.3 is 0 Å². The Bertz CT molecular complexity index is 932. The molecule has 7 heteroatoms. The Kier molecular flexibility index (Phi) is 5.06. The molecule has 0 radical (unpaired) electrons. The molecule has 6 nitrogen and oxygen atoms in total. The Morgan fingerprint density at radius 2 is 2.14 bits per heavy atom. The first-order valence-corrected chi connectivity index (χ1v) is 9.92. The van der Waals surface area contributed by atoms with Crippen molar-refractivity contribution in [3.63, 3.8) is 0 Å². The number of hydrogen-bond acceptors (Lipinski definition) is 5. The van der Waals surface area contributed by atoms with Crippen LogP contribution in [0.1, 0.15) is 49.1 Å². The summed E-state index contributed by atoms with van der Waals surface area (Å²) < 4.78 is 0. The second-order valence-corrected chi connectivity index (χ2v) is 8.10. The standard InChI is InChI=1S/C21H23ClN4O2/c1-14-11-23-12-19(24-14)15-6-5-9-26(13-15)20(27)21(2)10-18(25-28-21)16-7-3-4-8-17(16)22/h3-4,7-8,11-12,15H,5-6,9-10,13H2,1-2H3/t15-,21+/m0/s1. The first kappa shape index (κ1) is 18.9. The fourth-order valence-electron chi connectivity index (χ4n) is 3.91. The number of amides is 1. The minimum Gasteiger partial charge on any atom is -0.379 e. The maximum absolute atomic E-state index is 13.3. The largest absolute Gasteiger partial charge is 0.379 e. The molecule has 2 aliphatic rings. The number of aryl methyl sites for hydroxylation is 1. The number of piperidine rings is 1. The van der Waals surface area contributed by atoms with Gasteiger partial charge in [0.25, 0.3) is 5.91 Å². The number of oxime groups is 1. The number of rotatable bonds is 3. The average molecular weight is 399 g/mol. The van der Waals surface area contributed by atoms with Gasteiger partial charge in [0.1, 0.15) is 0 Å². The van der Waals surface area contributed by atoms with E-state index >= 15 is 0 Å². The average Bonchev–Trinajstić information content (AvgIpc) is 3.11. The molecule has 1 aromatic heterocycles. The summed E-state index contributed by atoms with van der Waals surface area (Å²) in [6.07, 6.45) is 5.89. The second kappa shape index (κ2) is 7.51. The number of carbonyl (C=O) groups excluding carboxylic acids is 1. The van der Waals surface area contributed by atoms with Gasteiger partial charge in [-0.2, -0.15) is 0 Å². The van der Waals surface area contributed by atoms with E-state index in [9.17, 15) is 4.79 Å². The summed E-state index contributed by atoms with van der Waals surface area (Å²) in [7, 11) is 0. The van der Waals surface area contributed by atoms with Gasteiger partial charge in [0.15, 0.2) is 0 Å². The summed E-state index contributed by atoms with van der Waals surface area (Å²) in [5.74, 6) is 0.155. The van der Waals surface area contributed by atoms with E-state index in [0.717, 1.165) is 36.3 Å². The van der Waals surface area contributed by atoms with Crippen molar-refractivity contribution in [3.05, 3.63) is 58.6 Å². The lowest BCUT2D eigenvalue weighted by Gasteiger charge is -2.36. The van der Waals surface area contributed by atoms with Gasteiger partial charge in [0.2, 0.25) is 5.60 Å². The van der Waals surface area contributed by atoms with E-state index in [1.807, 2.05) is 36.1 Å². The van der Waals surface area contributed by atoms with Crippen molar-refractivity contribution in [2.45, 2.75) is 44.6 Å². The van der Waals surface area contributed by atoms with E-state index in [1.165, 1.54) is 0 Å². The Hall–Kier alpha value is -2.47. The minimum atomic E-state index is -1.01. The van der Waals surface area contributed by atoms with Crippen LogP contribution in [0.4, 0.5) is 0 Å². The summed E-state index contributed by atoms with van der Waals surface area (Å²) in [6, 6.07) is 7.48. The monoisotopic (exact) mass is 398 g/mol. The summed E-state index contributed by atoms with van der Waals surface area (Å²) >= 11 is 6.28. The minimum absolute atomic E-state index is 0.0383. The quantitative estimate of drug-likeness (QED) is 0.790. The predicted molar refractivity (Wildman–Crippen MR) is 107 cm³/mol. The first-order chi connectivity index (χ1) is 13.5. The summed E-state index contributed by atoms with van der Waals surface area (Å²) in [5.41, 5.74) is 2.36. The topological polar surface area (TPSA) is 67.7 Å². The van der Waals surface area contributed by atoms with E-state index in [1.54, 1.807) is 19.3 Å². The number of likely N-dealkylation sites (tertiary alicyclic amines) is 1. The molecule has 146 valence electrons. The molecule has 0 N–H and O–H groups in total.